The van der Waals surface area contributed by atoms with Crippen LogP contribution in [0.2, 0.25) is 0 Å². The molecular weight excluding hydrogens is 328 g/mol. The van der Waals surface area contributed by atoms with E-state index in [0.29, 0.717) is 24.8 Å². The van der Waals surface area contributed by atoms with E-state index >= 15 is 0 Å². The minimum absolute atomic E-state index is 0.109. The summed E-state index contributed by atoms with van der Waals surface area (Å²) in [5.74, 6) is 2.06. The smallest absolute Gasteiger partial charge is 0.287 e. The van der Waals surface area contributed by atoms with Crippen LogP contribution in [0.25, 0.3) is 0 Å². The predicted octanol–water partition coefficient (Wildman–Crippen LogP) is 4.40. The molecule has 2 aliphatic carbocycles. The van der Waals surface area contributed by atoms with Gasteiger partial charge in [0.15, 0.2) is 5.76 Å². The summed E-state index contributed by atoms with van der Waals surface area (Å²) in [7, 11) is 0. The van der Waals surface area contributed by atoms with Crippen molar-refractivity contribution in [2.75, 3.05) is 19.8 Å². The van der Waals surface area contributed by atoms with E-state index < -0.39 is 0 Å². The minimum atomic E-state index is -0.190. The first-order chi connectivity index (χ1) is 12.8. The van der Waals surface area contributed by atoms with Gasteiger partial charge in [0.05, 0.1) is 12.7 Å². The molecule has 3 rings (SSSR count). The molecule has 1 amide bonds. The van der Waals surface area contributed by atoms with Gasteiger partial charge in [0.1, 0.15) is 5.76 Å². The van der Waals surface area contributed by atoms with E-state index in [0.717, 1.165) is 38.1 Å². The number of carbonyl (C=O) groups is 1. The minimum Gasteiger partial charge on any atom is -0.456 e. The molecule has 1 aromatic rings. The van der Waals surface area contributed by atoms with E-state index in [1.165, 1.54) is 32.1 Å². The third kappa shape index (κ3) is 5.35. The second-order valence-electron chi connectivity index (χ2n) is 7.73. The van der Waals surface area contributed by atoms with E-state index in [4.69, 9.17) is 14.4 Å². The Balaban J connectivity index is 1.37. The zero-order chi connectivity index (χ0) is 18.2. The van der Waals surface area contributed by atoms with Crippen LogP contribution in [0.15, 0.2) is 16.5 Å². The summed E-state index contributed by atoms with van der Waals surface area (Å²) >= 11 is 0. The SMILES string of the molecule is N#CC1CCCC(c2ccc(C(=O)NCCOCC3CCCCC3)o2)C1. The number of rotatable bonds is 7. The van der Waals surface area contributed by atoms with Crippen LogP contribution in [0.1, 0.15) is 80.0 Å². The Hall–Kier alpha value is -1.80. The van der Waals surface area contributed by atoms with Crippen LogP contribution in [0.3, 0.4) is 0 Å². The molecule has 1 N–H and O–H groups in total. The molecule has 0 aromatic carbocycles. The van der Waals surface area contributed by atoms with Gasteiger partial charge in [-0.05, 0) is 50.2 Å². The Bertz CT molecular complexity index is 613. The summed E-state index contributed by atoms with van der Waals surface area (Å²) in [6.45, 7) is 1.85. The number of amides is 1. The second kappa shape index (κ2) is 9.78. The Kier molecular flexibility index (Phi) is 7.13. The molecule has 5 heteroatoms. The van der Waals surface area contributed by atoms with Crippen LogP contribution in [0.5, 0.6) is 0 Å². The zero-order valence-corrected chi connectivity index (χ0v) is 15.5. The number of hydrogen-bond donors (Lipinski definition) is 1. The lowest BCUT2D eigenvalue weighted by atomic mass is 9.81. The first-order valence-electron chi connectivity index (χ1n) is 10.1. The van der Waals surface area contributed by atoms with Crippen molar-refractivity contribution >= 4 is 5.91 Å². The van der Waals surface area contributed by atoms with Crippen LogP contribution >= 0.6 is 0 Å². The average Bonchev–Trinajstić information content (AvgIpc) is 3.19. The molecule has 2 aliphatic rings. The van der Waals surface area contributed by atoms with Gasteiger partial charge in [-0.2, -0.15) is 5.26 Å². The summed E-state index contributed by atoms with van der Waals surface area (Å²) in [4.78, 5) is 12.2. The molecule has 2 unspecified atom stereocenters. The summed E-state index contributed by atoms with van der Waals surface area (Å²) in [5, 5.41) is 12.0. The first kappa shape index (κ1) is 19.0. The number of nitriles is 1. The highest BCUT2D eigenvalue weighted by molar-refractivity contribution is 5.91. The molecular formula is C21H30N2O3. The van der Waals surface area contributed by atoms with Crippen molar-refractivity contribution in [3.8, 4) is 6.07 Å². The fraction of sp³-hybridized carbons (Fsp3) is 0.714. The molecule has 2 atom stereocenters. The monoisotopic (exact) mass is 358 g/mol. The van der Waals surface area contributed by atoms with Gasteiger partial charge in [0.25, 0.3) is 5.91 Å². The van der Waals surface area contributed by atoms with Crippen molar-refractivity contribution in [1.29, 1.82) is 5.26 Å². The number of carbonyl (C=O) groups excluding carboxylic acids is 1. The maximum Gasteiger partial charge on any atom is 0.287 e. The molecule has 0 saturated heterocycles. The number of nitrogens with zero attached hydrogens (tertiary/aromatic N) is 1. The van der Waals surface area contributed by atoms with E-state index in [2.05, 4.69) is 11.4 Å². The van der Waals surface area contributed by atoms with Crippen LogP contribution in [0.4, 0.5) is 0 Å². The van der Waals surface area contributed by atoms with Crippen molar-refractivity contribution < 1.29 is 13.9 Å². The van der Waals surface area contributed by atoms with Gasteiger partial charge in [-0.25, -0.2) is 0 Å². The van der Waals surface area contributed by atoms with Gasteiger partial charge in [-0.3, -0.25) is 4.79 Å². The van der Waals surface area contributed by atoms with Crippen molar-refractivity contribution in [3.63, 3.8) is 0 Å². The maximum atomic E-state index is 12.2. The zero-order valence-electron chi connectivity index (χ0n) is 15.5. The van der Waals surface area contributed by atoms with Gasteiger partial charge < -0.3 is 14.5 Å². The van der Waals surface area contributed by atoms with Gasteiger partial charge in [0.2, 0.25) is 0 Å². The van der Waals surface area contributed by atoms with E-state index in [9.17, 15) is 4.79 Å². The molecule has 0 radical (unpaired) electrons. The van der Waals surface area contributed by atoms with Gasteiger partial charge >= 0.3 is 0 Å². The Labute approximate surface area is 156 Å². The molecule has 2 saturated carbocycles. The lowest BCUT2D eigenvalue weighted by Gasteiger charge is -2.23. The van der Waals surface area contributed by atoms with Crippen molar-refractivity contribution in [3.05, 3.63) is 23.7 Å². The Morgan fingerprint density at radius 3 is 2.85 bits per heavy atom. The summed E-state index contributed by atoms with van der Waals surface area (Å²) in [6.07, 6.45) is 10.4. The van der Waals surface area contributed by atoms with Crippen molar-refractivity contribution in [2.24, 2.45) is 11.8 Å². The lowest BCUT2D eigenvalue weighted by molar-refractivity contribution is 0.0781. The molecule has 142 valence electrons. The van der Waals surface area contributed by atoms with Crippen LogP contribution in [-0.4, -0.2) is 25.7 Å². The second-order valence-corrected chi connectivity index (χ2v) is 7.73. The Morgan fingerprint density at radius 1 is 1.19 bits per heavy atom. The summed E-state index contributed by atoms with van der Waals surface area (Å²) < 4.78 is 11.5. The highest BCUT2D eigenvalue weighted by Gasteiger charge is 2.26. The highest BCUT2D eigenvalue weighted by Crippen LogP contribution is 2.36. The number of ether oxygens (including phenoxy) is 1. The highest BCUT2D eigenvalue weighted by atomic mass is 16.5. The number of hydrogen-bond acceptors (Lipinski definition) is 4. The van der Waals surface area contributed by atoms with E-state index in [1.807, 2.05) is 6.07 Å². The van der Waals surface area contributed by atoms with Crippen LogP contribution in [-0.2, 0) is 4.74 Å². The standard InChI is InChI=1S/C21H30N2O3/c22-14-17-7-4-8-18(13-17)19-9-10-20(26-19)21(24)23-11-12-25-15-16-5-2-1-3-6-16/h9-10,16-18H,1-8,11-13,15H2,(H,23,24). The molecule has 5 nitrogen and oxygen atoms in total. The topological polar surface area (TPSA) is 75.3 Å². The molecule has 1 heterocycles. The van der Waals surface area contributed by atoms with E-state index in [-0.39, 0.29) is 17.7 Å². The predicted molar refractivity (Wildman–Crippen MR) is 98.7 cm³/mol. The van der Waals surface area contributed by atoms with E-state index in [1.54, 1.807) is 6.07 Å². The quantitative estimate of drug-likeness (QED) is 0.733. The number of furan rings is 1. The van der Waals surface area contributed by atoms with Crippen LogP contribution in [0, 0.1) is 23.2 Å². The molecule has 0 bridgehead atoms. The Morgan fingerprint density at radius 2 is 2.04 bits per heavy atom. The van der Waals surface area contributed by atoms with Crippen molar-refractivity contribution in [2.45, 2.75) is 63.7 Å². The summed E-state index contributed by atoms with van der Waals surface area (Å²) in [6, 6.07) is 5.99. The molecule has 2 fully saturated rings. The summed E-state index contributed by atoms with van der Waals surface area (Å²) in [5.41, 5.74) is 0. The fourth-order valence-electron chi connectivity index (χ4n) is 4.19. The third-order valence-corrected chi connectivity index (χ3v) is 5.72. The maximum absolute atomic E-state index is 12.2. The van der Waals surface area contributed by atoms with Gasteiger partial charge in [-0.1, -0.05) is 25.7 Å². The lowest BCUT2D eigenvalue weighted by Crippen LogP contribution is -2.27. The largest absolute Gasteiger partial charge is 0.456 e. The molecule has 26 heavy (non-hydrogen) atoms. The first-order valence-corrected chi connectivity index (χ1v) is 10.1. The van der Waals surface area contributed by atoms with Crippen LogP contribution < -0.4 is 5.32 Å². The number of nitrogens with one attached hydrogen (secondary N) is 1. The fourth-order valence-corrected chi connectivity index (χ4v) is 4.19. The van der Waals surface area contributed by atoms with Gasteiger partial charge in [-0.15, -0.1) is 0 Å². The third-order valence-electron chi connectivity index (χ3n) is 5.72. The van der Waals surface area contributed by atoms with Gasteiger partial charge in [0, 0.05) is 25.0 Å². The average molecular weight is 358 g/mol. The normalized spacial score (nSPS) is 24.1. The molecule has 1 aromatic heterocycles. The van der Waals surface area contributed by atoms with Crippen molar-refractivity contribution in [1.82, 2.24) is 5.32 Å². The molecule has 0 aliphatic heterocycles. The molecule has 0 spiro atoms.